The second-order valence-electron chi connectivity index (χ2n) is 4.87. The zero-order valence-electron chi connectivity index (χ0n) is 10.2. The Morgan fingerprint density at radius 2 is 1.88 bits per heavy atom. The molecule has 92 valence electrons. The Morgan fingerprint density at radius 1 is 1.12 bits per heavy atom. The lowest BCUT2D eigenvalue weighted by Gasteiger charge is -2.25. The van der Waals surface area contributed by atoms with Gasteiger partial charge in [0.15, 0.2) is 0 Å². The fraction of sp³-hybridized carbons (Fsp3) is 0.571. The molecule has 0 unspecified atom stereocenters. The maximum absolute atomic E-state index is 5.49. The van der Waals surface area contributed by atoms with Gasteiger partial charge in [0.25, 0.3) is 0 Å². The number of hydrogen-bond donors (Lipinski definition) is 1. The van der Waals surface area contributed by atoms with Crippen molar-refractivity contribution < 1.29 is 4.74 Å². The summed E-state index contributed by atoms with van der Waals surface area (Å²) in [7, 11) is 0. The van der Waals surface area contributed by atoms with E-state index in [9.17, 15) is 0 Å². The lowest BCUT2D eigenvalue weighted by atomic mass is 10.1. The molecule has 0 bridgehead atoms. The van der Waals surface area contributed by atoms with Crippen LogP contribution in [-0.2, 0) is 4.74 Å². The maximum Gasteiger partial charge on any atom is 0.0662 e. The van der Waals surface area contributed by atoms with Crippen molar-refractivity contribution in [3.05, 3.63) is 29.8 Å². The van der Waals surface area contributed by atoms with Gasteiger partial charge in [-0.25, -0.2) is 0 Å². The van der Waals surface area contributed by atoms with Crippen LogP contribution in [0.4, 0.5) is 5.69 Å². The van der Waals surface area contributed by atoms with Crippen molar-refractivity contribution in [1.29, 1.82) is 0 Å². The van der Waals surface area contributed by atoms with Gasteiger partial charge in [-0.15, -0.1) is 0 Å². The Labute approximate surface area is 103 Å². The van der Waals surface area contributed by atoms with Crippen LogP contribution in [0.1, 0.15) is 24.4 Å². The van der Waals surface area contributed by atoms with Crippen molar-refractivity contribution in [3.8, 4) is 0 Å². The van der Waals surface area contributed by atoms with Crippen LogP contribution in [0.2, 0.25) is 0 Å². The molecule has 0 amide bonds. The molecule has 2 heterocycles. The standard InChI is InChI=1S/C14H20N2O/c1-2-9-16(8-1)13-5-3-12(4-6-13)14-11-17-10-7-15-14/h3-6,14-15H,1-2,7-11H2/t14-/m0/s1. The van der Waals surface area contributed by atoms with Crippen LogP contribution >= 0.6 is 0 Å². The van der Waals surface area contributed by atoms with Gasteiger partial charge in [-0.2, -0.15) is 0 Å². The van der Waals surface area contributed by atoms with Crippen molar-refractivity contribution in [2.24, 2.45) is 0 Å². The highest BCUT2D eigenvalue weighted by Crippen LogP contribution is 2.23. The average molecular weight is 232 g/mol. The first-order chi connectivity index (χ1) is 8.43. The van der Waals surface area contributed by atoms with Crippen molar-refractivity contribution in [3.63, 3.8) is 0 Å². The molecule has 0 aliphatic carbocycles. The second-order valence-corrected chi connectivity index (χ2v) is 4.87. The van der Waals surface area contributed by atoms with Gasteiger partial charge < -0.3 is 15.0 Å². The number of ether oxygens (including phenoxy) is 1. The molecule has 3 nitrogen and oxygen atoms in total. The summed E-state index contributed by atoms with van der Waals surface area (Å²) in [6, 6.07) is 9.34. The Kier molecular flexibility index (Phi) is 3.29. The third kappa shape index (κ3) is 2.45. The number of nitrogens with zero attached hydrogens (tertiary/aromatic N) is 1. The molecule has 0 aromatic heterocycles. The molecule has 2 aliphatic rings. The van der Waals surface area contributed by atoms with E-state index in [2.05, 4.69) is 34.5 Å². The van der Waals surface area contributed by atoms with Crippen LogP contribution in [-0.4, -0.2) is 32.8 Å². The van der Waals surface area contributed by atoms with E-state index >= 15 is 0 Å². The predicted molar refractivity (Wildman–Crippen MR) is 69.5 cm³/mol. The van der Waals surface area contributed by atoms with Gasteiger partial charge in [-0.3, -0.25) is 0 Å². The molecule has 1 aromatic rings. The molecule has 1 aromatic carbocycles. The van der Waals surface area contributed by atoms with Gasteiger partial charge in [0.05, 0.1) is 19.3 Å². The minimum atomic E-state index is 0.372. The van der Waals surface area contributed by atoms with Crippen molar-refractivity contribution in [1.82, 2.24) is 5.32 Å². The van der Waals surface area contributed by atoms with Crippen molar-refractivity contribution in [2.75, 3.05) is 37.7 Å². The Bertz CT molecular complexity index is 351. The lowest BCUT2D eigenvalue weighted by molar-refractivity contribution is 0.0769. The van der Waals surface area contributed by atoms with E-state index in [0.29, 0.717) is 6.04 Å². The molecule has 2 fully saturated rings. The normalized spacial score (nSPS) is 25.2. The Morgan fingerprint density at radius 3 is 2.53 bits per heavy atom. The summed E-state index contributed by atoms with van der Waals surface area (Å²) in [6.45, 7) is 5.01. The van der Waals surface area contributed by atoms with Gasteiger partial charge in [0.1, 0.15) is 0 Å². The van der Waals surface area contributed by atoms with E-state index in [0.717, 1.165) is 19.8 Å². The molecular weight excluding hydrogens is 212 g/mol. The molecule has 2 aliphatic heterocycles. The van der Waals surface area contributed by atoms with Crippen molar-refractivity contribution >= 4 is 5.69 Å². The maximum atomic E-state index is 5.49. The zero-order valence-corrected chi connectivity index (χ0v) is 10.2. The van der Waals surface area contributed by atoms with Gasteiger partial charge >= 0.3 is 0 Å². The largest absolute Gasteiger partial charge is 0.378 e. The van der Waals surface area contributed by atoms with E-state index in [-0.39, 0.29) is 0 Å². The van der Waals surface area contributed by atoms with Crippen LogP contribution in [0.25, 0.3) is 0 Å². The summed E-state index contributed by atoms with van der Waals surface area (Å²) in [5.74, 6) is 0. The zero-order chi connectivity index (χ0) is 11.5. The van der Waals surface area contributed by atoms with Crippen LogP contribution in [0.3, 0.4) is 0 Å². The molecule has 2 saturated heterocycles. The van der Waals surface area contributed by atoms with E-state index in [1.54, 1.807) is 0 Å². The summed E-state index contributed by atoms with van der Waals surface area (Å²) in [5, 5.41) is 3.49. The number of rotatable bonds is 2. The second kappa shape index (κ2) is 5.07. The van der Waals surface area contributed by atoms with E-state index in [1.165, 1.54) is 37.2 Å². The molecule has 1 N–H and O–H groups in total. The average Bonchev–Trinajstić information content (AvgIpc) is 2.94. The molecular formula is C14H20N2O. The van der Waals surface area contributed by atoms with Crippen LogP contribution in [0.15, 0.2) is 24.3 Å². The first-order valence-corrected chi connectivity index (χ1v) is 6.59. The third-order valence-electron chi connectivity index (χ3n) is 3.69. The highest BCUT2D eigenvalue weighted by Gasteiger charge is 2.16. The lowest BCUT2D eigenvalue weighted by Crippen LogP contribution is -2.34. The third-order valence-corrected chi connectivity index (χ3v) is 3.69. The summed E-state index contributed by atoms with van der Waals surface area (Å²) < 4.78 is 5.49. The molecule has 17 heavy (non-hydrogen) atoms. The molecule has 0 radical (unpaired) electrons. The molecule has 0 saturated carbocycles. The molecule has 1 atom stereocenters. The smallest absolute Gasteiger partial charge is 0.0662 e. The van der Waals surface area contributed by atoms with Gasteiger partial charge in [-0.05, 0) is 30.5 Å². The molecule has 0 spiro atoms. The summed E-state index contributed by atoms with van der Waals surface area (Å²) in [4.78, 5) is 2.47. The first-order valence-electron chi connectivity index (χ1n) is 6.59. The summed E-state index contributed by atoms with van der Waals surface area (Å²) in [6.07, 6.45) is 2.67. The highest BCUT2D eigenvalue weighted by molar-refractivity contribution is 5.48. The minimum absolute atomic E-state index is 0.372. The quantitative estimate of drug-likeness (QED) is 0.843. The Balaban J connectivity index is 1.70. The van der Waals surface area contributed by atoms with E-state index < -0.39 is 0 Å². The topological polar surface area (TPSA) is 24.5 Å². The molecule has 3 heteroatoms. The van der Waals surface area contributed by atoms with E-state index in [4.69, 9.17) is 4.74 Å². The minimum Gasteiger partial charge on any atom is -0.378 e. The summed E-state index contributed by atoms with van der Waals surface area (Å²) >= 11 is 0. The fourth-order valence-electron chi connectivity index (χ4n) is 2.67. The van der Waals surface area contributed by atoms with Crippen LogP contribution < -0.4 is 10.2 Å². The number of benzene rings is 1. The van der Waals surface area contributed by atoms with Gasteiger partial charge in [0.2, 0.25) is 0 Å². The van der Waals surface area contributed by atoms with Gasteiger partial charge in [-0.1, -0.05) is 12.1 Å². The first kappa shape index (κ1) is 11.1. The van der Waals surface area contributed by atoms with Crippen molar-refractivity contribution in [2.45, 2.75) is 18.9 Å². The van der Waals surface area contributed by atoms with E-state index in [1.807, 2.05) is 0 Å². The number of morpholine rings is 1. The number of hydrogen-bond acceptors (Lipinski definition) is 3. The predicted octanol–water partition coefficient (Wildman–Crippen LogP) is 1.95. The fourth-order valence-corrected chi connectivity index (χ4v) is 2.67. The number of nitrogens with one attached hydrogen (secondary N) is 1. The summed E-state index contributed by atoms with van der Waals surface area (Å²) in [5.41, 5.74) is 2.70. The number of anilines is 1. The van der Waals surface area contributed by atoms with Crippen LogP contribution in [0.5, 0.6) is 0 Å². The highest BCUT2D eigenvalue weighted by atomic mass is 16.5. The molecule has 3 rings (SSSR count). The van der Waals surface area contributed by atoms with Gasteiger partial charge in [0, 0.05) is 25.3 Å². The van der Waals surface area contributed by atoms with Crippen LogP contribution in [0, 0.1) is 0 Å². The SMILES string of the molecule is c1cc(N2CCCC2)ccc1[C@@H]1COCCN1. The Hall–Kier alpha value is -1.06. The monoisotopic (exact) mass is 232 g/mol.